The van der Waals surface area contributed by atoms with Crippen molar-refractivity contribution in [2.45, 2.75) is 18.8 Å². The van der Waals surface area contributed by atoms with Crippen LogP contribution in [0.5, 0.6) is 0 Å². The minimum absolute atomic E-state index is 0.256. The van der Waals surface area contributed by atoms with Crippen molar-refractivity contribution in [1.29, 1.82) is 0 Å². The quantitative estimate of drug-likeness (QED) is 0.782. The summed E-state index contributed by atoms with van der Waals surface area (Å²) in [6, 6.07) is 12.3. The summed E-state index contributed by atoms with van der Waals surface area (Å²) in [6.45, 7) is 2.63. The van der Waals surface area contributed by atoms with Gasteiger partial charge in [-0.25, -0.2) is 4.39 Å². The third kappa shape index (κ3) is 4.01. The third-order valence-electron chi connectivity index (χ3n) is 5.08. The van der Waals surface area contributed by atoms with Crippen LogP contribution in [-0.4, -0.2) is 31.9 Å². The molecule has 0 bridgehead atoms. The van der Waals surface area contributed by atoms with Crippen molar-refractivity contribution in [3.8, 4) is 0 Å². The van der Waals surface area contributed by atoms with Crippen LogP contribution in [0.25, 0.3) is 0 Å². The van der Waals surface area contributed by atoms with Gasteiger partial charge in [-0.3, -0.25) is 9.79 Å². The fourth-order valence-corrected chi connectivity index (χ4v) is 3.48. The fraction of sp³-hybridized carbons (Fsp3) is 0.333. The van der Waals surface area contributed by atoms with Crippen LogP contribution in [0.3, 0.4) is 0 Å². The van der Waals surface area contributed by atoms with Gasteiger partial charge in [-0.15, -0.1) is 0 Å². The Morgan fingerprint density at radius 3 is 2.74 bits per heavy atom. The Hall–Kier alpha value is -2.73. The first-order chi connectivity index (χ1) is 13.2. The van der Waals surface area contributed by atoms with E-state index in [0.717, 1.165) is 44.0 Å². The number of aliphatic imine (C=N–C) groups is 1. The lowest BCUT2D eigenvalue weighted by molar-refractivity contribution is -0.115. The van der Waals surface area contributed by atoms with Crippen molar-refractivity contribution in [3.05, 3.63) is 53.8 Å². The Balaban J connectivity index is 1.39. The molecule has 1 saturated heterocycles. The molecular formula is C21H22FN3O2. The number of halogens is 1. The number of nitrogens with zero attached hydrogens (tertiary/aromatic N) is 1. The Morgan fingerprint density at radius 2 is 1.96 bits per heavy atom. The van der Waals surface area contributed by atoms with Gasteiger partial charge in [0.15, 0.2) is 0 Å². The molecule has 2 heterocycles. The number of rotatable bonds is 5. The maximum Gasteiger partial charge on any atom is 0.237 e. The number of amides is 1. The van der Waals surface area contributed by atoms with E-state index < -0.39 is 11.7 Å². The second kappa shape index (κ2) is 7.88. The molecule has 2 aromatic carbocycles. The summed E-state index contributed by atoms with van der Waals surface area (Å²) in [7, 11) is 0. The van der Waals surface area contributed by atoms with Crippen LogP contribution >= 0.6 is 0 Å². The monoisotopic (exact) mass is 367 g/mol. The Kier molecular flexibility index (Phi) is 5.16. The van der Waals surface area contributed by atoms with Crippen molar-refractivity contribution in [1.82, 2.24) is 0 Å². The number of carbonyl (C=O) groups excluding carboxylic acids is 1. The first-order valence-corrected chi connectivity index (χ1v) is 9.26. The predicted molar refractivity (Wildman–Crippen MR) is 104 cm³/mol. The minimum atomic E-state index is -0.701. The van der Waals surface area contributed by atoms with Gasteiger partial charge in [-0.2, -0.15) is 0 Å². The summed E-state index contributed by atoms with van der Waals surface area (Å²) in [5.41, 5.74) is 2.64. The molecule has 1 atom stereocenters. The molecule has 2 aromatic rings. The highest BCUT2D eigenvalue weighted by molar-refractivity contribution is 6.12. The number of ether oxygens (including phenoxy) is 1. The highest BCUT2D eigenvalue weighted by atomic mass is 19.1. The van der Waals surface area contributed by atoms with Gasteiger partial charge in [0.1, 0.15) is 11.7 Å². The molecule has 0 spiro atoms. The Morgan fingerprint density at radius 1 is 1.19 bits per heavy atom. The number of hydrogen-bond acceptors (Lipinski definition) is 4. The molecule has 140 valence electrons. The third-order valence-corrected chi connectivity index (χ3v) is 5.08. The van der Waals surface area contributed by atoms with Gasteiger partial charge < -0.3 is 15.4 Å². The summed E-state index contributed by atoms with van der Waals surface area (Å²) in [5.74, 6) is -0.705. The van der Waals surface area contributed by atoms with E-state index in [1.54, 1.807) is 12.1 Å². The van der Waals surface area contributed by atoms with Gasteiger partial charge in [-0.1, -0.05) is 6.07 Å². The van der Waals surface area contributed by atoms with Crippen LogP contribution in [0.4, 0.5) is 21.5 Å². The largest absolute Gasteiger partial charge is 0.385 e. The number of hydrogen-bond donors (Lipinski definition) is 2. The van der Waals surface area contributed by atoms with Crippen LogP contribution in [0.2, 0.25) is 0 Å². The zero-order chi connectivity index (χ0) is 18.6. The number of anilines is 2. The standard InChI is InChI=1S/C21H22FN3O2/c22-18-2-1-3-19-20(18)17(21(26)25-19)13-24-16-6-4-15(5-7-16)23-12-14-8-10-27-11-9-14/h1-7,13-14,17,23H,8-12H2,(H,25,26). The predicted octanol–water partition coefficient (Wildman–Crippen LogP) is 4.10. The molecule has 5 nitrogen and oxygen atoms in total. The van der Waals surface area contributed by atoms with Crippen LogP contribution in [0.1, 0.15) is 24.3 Å². The maximum absolute atomic E-state index is 14.1. The van der Waals surface area contributed by atoms with E-state index in [4.69, 9.17) is 4.74 Å². The maximum atomic E-state index is 14.1. The minimum Gasteiger partial charge on any atom is -0.385 e. The van der Waals surface area contributed by atoms with E-state index in [0.29, 0.717) is 17.2 Å². The summed E-state index contributed by atoms with van der Waals surface area (Å²) < 4.78 is 19.4. The second-order valence-electron chi connectivity index (χ2n) is 6.93. The van der Waals surface area contributed by atoms with Gasteiger partial charge >= 0.3 is 0 Å². The Labute approximate surface area is 157 Å². The summed E-state index contributed by atoms with van der Waals surface area (Å²) in [5, 5.41) is 6.14. The van der Waals surface area contributed by atoms with Crippen LogP contribution in [0.15, 0.2) is 47.5 Å². The van der Waals surface area contributed by atoms with Crippen molar-refractivity contribution in [3.63, 3.8) is 0 Å². The van der Waals surface area contributed by atoms with Crippen LogP contribution in [0, 0.1) is 11.7 Å². The molecule has 1 amide bonds. The molecule has 0 saturated carbocycles. The van der Waals surface area contributed by atoms with E-state index in [-0.39, 0.29) is 5.91 Å². The molecule has 2 aliphatic rings. The summed E-state index contributed by atoms with van der Waals surface area (Å²) >= 11 is 0. The number of benzene rings is 2. The highest BCUT2D eigenvalue weighted by Crippen LogP contribution is 2.33. The molecular weight excluding hydrogens is 345 g/mol. The zero-order valence-corrected chi connectivity index (χ0v) is 15.0. The van der Waals surface area contributed by atoms with Crippen LogP contribution in [-0.2, 0) is 9.53 Å². The van der Waals surface area contributed by atoms with Crippen molar-refractivity contribution in [2.24, 2.45) is 10.9 Å². The average molecular weight is 367 g/mol. The fourth-order valence-electron chi connectivity index (χ4n) is 3.48. The van der Waals surface area contributed by atoms with Gasteiger partial charge in [0, 0.05) is 42.9 Å². The molecule has 0 aromatic heterocycles. The molecule has 4 rings (SSSR count). The topological polar surface area (TPSA) is 62.7 Å². The molecule has 6 heteroatoms. The van der Waals surface area contributed by atoms with Gasteiger partial charge in [0.25, 0.3) is 0 Å². The molecule has 2 aliphatic heterocycles. The molecule has 2 N–H and O–H groups in total. The molecule has 27 heavy (non-hydrogen) atoms. The zero-order valence-electron chi connectivity index (χ0n) is 15.0. The van der Waals surface area contributed by atoms with Gasteiger partial charge in [0.2, 0.25) is 5.91 Å². The van der Waals surface area contributed by atoms with Gasteiger partial charge in [0.05, 0.1) is 5.69 Å². The summed E-state index contributed by atoms with van der Waals surface area (Å²) in [6.07, 6.45) is 3.70. The van der Waals surface area contributed by atoms with E-state index in [2.05, 4.69) is 15.6 Å². The molecule has 0 aliphatic carbocycles. The molecule has 1 fully saturated rings. The Bertz CT molecular complexity index is 845. The van der Waals surface area contributed by atoms with Crippen molar-refractivity contribution >= 4 is 29.2 Å². The van der Waals surface area contributed by atoms with E-state index >= 15 is 0 Å². The van der Waals surface area contributed by atoms with E-state index in [9.17, 15) is 9.18 Å². The van der Waals surface area contributed by atoms with E-state index in [1.807, 2.05) is 24.3 Å². The smallest absolute Gasteiger partial charge is 0.237 e. The average Bonchev–Trinajstić information content (AvgIpc) is 3.03. The van der Waals surface area contributed by atoms with E-state index in [1.165, 1.54) is 12.3 Å². The lowest BCUT2D eigenvalue weighted by Gasteiger charge is -2.22. The SMILES string of the molecule is O=C1Nc2cccc(F)c2C1C=Nc1ccc(NCC2CCOCC2)cc1. The first kappa shape index (κ1) is 17.7. The first-order valence-electron chi connectivity index (χ1n) is 9.26. The lowest BCUT2D eigenvalue weighted by atomic mass is 10.0. The van der Waals surface area contributed by atoms with Crippen LogP contribution < -0.4 is 10.6 Å². The highest BCUT2D eigenvalue weighted by Gasteiger charge is 2.31. The van der Waals surface area contributed by atoms with Gasteiger partial charge in [-0.05, 0) is 55.2 Å². The number of nitrogens with one attached hydrogen (secondary N) is 2. The number of carbonyl (C=O) groups is 1. The molecule has 0 radical (unpaired) electrons. The molecule has 1 unspecified atom stereocenters. The lowest BCUT2D eigenvalue weighted by Crippen LogP contribution is -2.22. The van der Waals surface area contributed by atoms with Crippen molar-refractivity contribution < 1.29 is 13.9 Å². The number of fused-ring (bicyclic) bond motifs is 1. The second-order valence-corrected chi connectivity index (χ2v) is 6.93. The normalized spacial score (nSPS) is 19.9. The van der Waals surface area contributed by atoms with Crippen molar-refractivity contribution in [2.75, 3.05) is 30.4 Å². The summed E-state index contributed by atoms with van der Waals surface area (Å²) in [4.78, 5) is 16.5.